The standard InChI is InChI=1S/C16H15ClF3N/c1-9(2)21-8-10-3-4-11(18)5-12(10)13-6-15(19)16(20)7-14(13)17/h3-7,9,21H,8H2,1-2H3. The molecule has 0 fully saturated rings. The van der Waals surface area contributed by atoms with Gasteiger partial charge in [0, 0.05) is 18.2 Å². The Bertz CT molecular complexity index is 656. The maximum Gasteiger partial charge on any atom is 0.160 e. The topological polar surface area (TPSA) is 12.0 Å². The number of nitrogens with one attached hydrogen (secondary N) is 1. The molecular formula is C16H15ClF3N. The fraction of sp³-hybridized carbons (Fsp3) is 0.250. The van der Waals surface area contributed by atoms with Crippen LogP contribution in [0.3, 0.4) is 0 Å². The number of halogens is 4. The molecule has 0 saturated carbocycles. The lowest BCUT2D eigenvalue weighted by molar-refractivity contribution is 0.509. The first-order valence-electron chi connectivity index (χ1n) is 6.55. The summed E-state index contributed by atoms with van der Waals surface area (Å²) in [4.78, 5) is 0. The minimum absolute atomic E-state index is 0.0466. The van der Waals surface area contributed by atoms with Crippen molar-refractivity contribution < 1.29 is 13.2 Å². The van der Waals surface area contributed by atoms with Crippen LogP contribution in [0, 0.1) is 17.5 Å². The molecule has 0 radical (unpaired) electrons. The molecule has 0 spiro atoms. The highest BCUT2D eigenvalue weighted by atomic mass is 35.5. The third-order valence-electron chi connectivity index (χ3n) is 3.07. The normalized spacial score (nSPS) is 11.2. The van der Waals surface area contributed by atoms with Crippen molar-refractivity contribution >= 4 is 11.6 Å². The van der Waals surface area contributed by atoms with E-state index in [4.69, 9.17) is 11.6 Å². The van der Waals surface area contributed by atoms with E-state index in [1.54, 1.807) is 6.07 Å². The summed E-state index contributed by atoms with van der Waals surface area (Å²) in [6.07, 6.45) is 0. The molecule has 1 N–H and O–H groups in total. The quantitative estimate of drug-likeness (QED) is 0.790. The summed E-state index contributed by atoms with van der Waals surface area (Å²) in [7, 11) is 0. The van der Waals surface area contributed by atoms with Crippen molar-refractivity contribution in [1.29, 1.82) is 0 Å². The van der Waals surface area contributed by atoms with Crippen LogP contribution in [0.4, 0.5) is 13.2 Å². The second-order valence-electron chi connectivity index (χ2n) is 5.08. The second-order valence-corrected chi connectivity index (χ2v) is 5.49. The van der Waals surface area contributed by atoms with Gasteiger partial charge < -0.3 is 5.32 Å². The summed E-state index contributed by atoms with van der Waals surface area (Å²) in [6.45, 7) is 4.43. The molecule has 2 rings (SSSR count). The van der Waals surface area contributed by atoms with E-state index in [0.29, 0.717) is 12.1 Å². The van der Waals surface area contributed by atoms with E-state index >= 15 is 0 Å². The van der Waals surface area contributed by atoms with Gasteiger partial charge in [-0.25, -0.2) is 13.2 Å². The lowest BCUT2D eigenvalue weighted by atomic mass is 9.99. The Balaban J connectivity index is 2.51. The van der Waals surface area contributed by atoms with Crippen LogP contribution in [0.25, 0.3) is 11.1 Å². The Morgan fingerprint density at radius 3 is 2.33 bits per heavy atom. The van der Waals surface area contributed by atoms with E-state index in [0.717, 1.165) is 17.7 Å². The van der Waals surface area contributed by atoms with E-state index < -0.39 is 17.5 Å². The number of hydrogen-bond donors (Lipinski definition) is 1. The van der Waals surface area contributed by atoms with Crippen LogP contribution in [0.1, 0.15) is 19.4 Å². The molecule has 5 heteroatoms. The van der Waals surface area contributed by atoms with Gasteiger partial charge in [-0.1, -0.05) is 31.5 Å². The lowest BCUT2D eigenvalue weighted by Crippen LogP contribution is -2.22. The van der Waals surface area contributed by atoms with Crippen molar-refractivity contribution in [2.45, 2.75) is 26.4 Å². The van der Waals surface area contributed by atoms with Crippen molar-refractivity contribution in [2.24, 2.45) is 0 Å². The van der Waals surface area contributed by atoms with Crippen molar-refractivity contribution in [3.63, 3.8) is 0 Å². The molecule has 2 aromatic carbocycles. The molecular weight excluding hydrogens is 299 g/mol. The molecule has 2 aromatic rings. The molecule has 0 unspecified atom stereocenters. The third-order valence-corrected chi connectivity index (χ3v) is 3.39. The van der Waals surface area contributed by atoms with Crippen molar-refractivity contribution in [3.05, 3.63) is 58.4 Å². The van der Waals surface area contributed by atoms with Crippen LogP contribution in [0.2, 0.25) is 5.02 Å². The van der Waals surface area contributed by atoms with Gasteiger partial charge in [0.1, 0.15) is 5.82 Å². The maximum absolute atomic E-state index is 13.5. The van der Waals surface area contributed by atoms with E-state index in [2.05, 4.69) is 5.32 Å². The highest BCUT2D eigenvalue weighted by molar-refractivity contribution is 6.33. The van der Waals surface area contributed by atoms with E-state index in [1.165, 1.54) is 12.1 Å². The smallest absolute Gasteiger partial charge is 0.160 e. The van der Waals surface area contributed by atoms with Gasteiger partial charge in [-0.3, -0.25) is 0 Å². The van der Waals surface area contributed by atoms with Gasteiger partial charge in [-0.15, -0.1) is 0 Å². The molecule has 1 nitrogen and oxygen atoms in total. The van der Waals surface area contributed by atoms with Crippen molar-refractivity contribution in [1.82, 2.24) is 5.32 Å². The lowest BCUT2D eigenvalue weighted by Gasteiger charge is -2.14. The summed E-state index contributed by atoms with van der Waals surface area (Å²) in [5.41, 5.74) is 1.49. The Kier molecular flexibility index (Phi) is 4.91. The Morgan fingerprint density at radius 1 is 1.00 bits per heavy atom. The molecule has 0 saturated heterocycles. The largest absolute Gasteiger partial charge is 0.310 e. The third kappa shape index (κ3) is 3.77. The van der Waals surface area contributed by atoms with E-state index in [-0.39, 0.29) is 16.6 Å². The first kappa shape index (κ1) is 15.9. The minimum atomic E-state index is -1.03. The zero-order valence-corrected chi connectivity index (χ0v) is 12.4. The Labute approximate surface area is 126 Å². The second kappa shape index (κ2) is 6.50. The van der Waals surface area contributed by atoms with Crippen molar-refractivity contribution in [3.8, 4) is 11.1 Å². The number of benzene rings is 2. The van der Waals surface area contributed by atoms with Crippen LogP contribution >= 0.6 is 11.6 Å². The minimum Gasteiger partial charge on any atom is -0.310 e. The Hall–Kier alpha value is -1.52. The fourth-order valence-electron chi connectivity index (χ4n) is 2.00. The van der Waals surface area contributed by atoms with Crippen LogP contribution < -0.4 is 5.32 Å². The van der Waals surface area contributed by atoms with Gasteiger partial charge in [0.2, 0.25) is 0 Å². The van der Waals surface area contributed by atoms with Gasteiger partial charge in [0.25, 0.3) is 0 Å². The van der Waals surface area contributed by atoms with Crippen LogP contribution in [0.5, 0.6) is 0 Å². The van der Waals surface area contributed by atoms with Crippen LogP contribution in [-0.2, 0) is 6.54 Å². The average Bonchev–Trinajstić information content (AvgIpc) is 2.41. The zero-order valence-electron chi connectivity index (χ0n) is 11.7. The average molecular weight is 314 g/mol. The molecule has 112 valence electrons. The molecule has 21 heavy (non-hydrogen) atoms. The summed E-state index contributed by atoms with van der Waals surface area (Å²) in [5.74, 6) is -2.50. The number of hydrogen-bond acceptors (Lipinski definition) is 1. The van der Waals surface area contributed by atoms with E-state index in [1.807, 2.05) is 13.8 Å². The molecule has 0 aromatic heterocycles. The zero-order chi connectivity index (χ0) is 15.6. The SMILES string of the molecule is CC(C)NCc1ccc(F)cc1-c1cc(F)c(F)cc1Cl. The number of rotatable bonds is 4. The molecule has 0 aliphatic carbocycles. The monoisotopic (exact) mass is 313 g/mol. The van der Waals surface area contributed by atoms with Gasteiger partial charge in [0.05, 0.1) is 5.02 Å². The molecule has 0 bridgehead atoms. The van der Waals surface area contributed by atoms with Gasteiger partial charge in [-0.2, -0.15) is 0 Å². The van der Waals surface area contributed by atoms with E-state index in [9.17, 15) is 13.2 Å². The highest BCUT2D eigenvalue weighted by Gasteiger charge is 2.14. The maximum atomic E-state index is 13.5. The highest BCUT2D eigenvalue weighted by Crippen LogP contribution is 2.33. The van der Waals surface area contributed by atoms with Crippen LogP contribution in [0.15, 0.2) is 30.3 Å². The first-order valence-corrected chi connectivity index (χ1v) is 6.93. The molecule has 0 atom stereocenters. The fourth-order valence-corrected chi connectivity index (χ4v) is 2.25. The van der Waals surface area contributed by atoms with Crippen LogP contribution in [-0.4, -0.2) is 6.04 Å². The van der Waals surface area contributed by atoms with Gasteiger partial charge in [0.15, 0.2) is 11.6 Å². The molecule has 0 aliphatic heterocycles. The Morgan fingerprint density at radius 2 is 1.67 bits per heavy atom. The predicted molar refractivity (Wildman–Crippen MR) is 78.7 cm³/mol. The summed E-state index contributed by atoms with van der Waals surface area (Å²) >= 11 is 5.97. The predicted octanol–water partition coefficient (Wildman–Crippen LogP) is 4.92. The molecule has 0 amide bonds. The first-order chi connectivity index (χ1) is 9.88. The van der Waals surface area contributed by atoms with Crippen molar-refractivity contribution in [2.75, 3.05) is 0 Å². The summed E-state index contributed by atoms with van der Waals surface area (Å²) in [5, 5.41) is 3.25. The summed E-state index contributed by atoms with van der Waals surface area (Å²) in [6, 6.07) is 6.34. The molecule has 0 heterocycles. The molecule has 0 aliphatic rings. The summed E-state index contributed by atoms with van der Waals surface area (Å²) < 4.78 is 40.1. The van der Waals surface area contributed by atoms with Gasteiger partial charge >= 0.3 is 0 Å². The van der Waals surface area contributed by atoms with Gasteiger partial charge in [-0.05, 0) is 35.4 Å².